The summed E-state index contributed by atoms with van der Waals surface area (Å²) in [7, 11) is 3.18. The fourth-order valence-corrected chi connectivity index (χ4v) is 2.71. The topological polar surface area (TPSA) is 27.7 Å². The lowest BCUT2D eigenvalue weighted by molar-refractivity contribution is 0.220. The summed E-state index contributed by atoms with van der Waals surface area (Å²) in [6.07, 6.45) is 1.19. The molecule has 0 aliphatic carbocycles. The van der Waals surface area contributed by atoms with Crippen LogP contribution in [0.5, 0.6) is 17.2 Å². The molecule has 0 saturated carbocycles. The highest BCUT2D eigenvalue weighted by molar-refractivity contribution is 5.57. The van der Waals surface area contributed by atoms with Gasteiger partial charge in [0.2, 0.25) is 5.75 Å². The summed E-state index contributed by atoms with van der Waals surface area (Å²) in [5.41, 5.74) is 1.73. The number of hydrogen-bond donors (Lipinski definition) is 0. The number of rotatable bonds is 4. The Morgan fingerprint density at radius 1 is 1.14 bits per heavy atom. The van der Waals surface area contributed by atoms with Gasteiger partial charge < -0.3 is 14.2 Å². The number of hydrogen-bond acceptors (Lipinski definition) is 3. The van der Waals surface area contributed by atoms with E-state index in [2.05, 4.69) is 0 Å². The molecule has 1 aliphatic rings. The van der Waals surface area contributed by atoms with Crippen LogP contribution in [0.4, 0.5) is 4.39 Å². The smallest absolute Gasteiger partial charge is 0.203 e. The lowest BCUT2D eigenvalue weighted by Gasteiger charge is -2.14. The average Bonchev–Trinajstić information content (AvgIpc) is 2.91. The third kappa shape index (κ3) is 2.53. The second-order valence-corrected chi connectivity index (χ2v) is 5.03. The van der Waals surface area contributed by atoms with Crippen molar-refractivity contribution in [2.45, 2.75) is 18.9 Å². The summed E-state index contributed by atoms with van der Waals surface area (Å²) in [5.74, 6) is 1.76. The molecule has 0 radical (unpaired) electrons. The molecule has 2 aromatic rings. The zero-order valence-corrected chi connectivity index (χ0v) is 12.1. The second-order valence-electron chi connectivity index (χ2n) is 5.03. The van der Waals surface area contributed by atoms with Gasteiger partial charge in [0.1, 0.15) is 11.9 Å². The standard InChI is InChI=1S/C17H17FO3/c1-19-15-8-7-12-10-13(21-16(12)17(15)20-2)9-11-5-3-4-6-14(11)18/h3-8,13H,9-10H2,1-2H3. The number of benzene rings is 2. The summed E-state index contributed by atoms with van der Waals surface area (Å²) in [4.78, 5) is 0. The van der Waals surface area contributed by atoms with Gasteiger partial charge in [-0.3, -0.25) is 0 Å². The minimum absolute atomic E-state index is 0.0853. The fraction of sp³-hybridized carbons (Fsp3) is 0.294. The number of fused-ring (bicyclic) bond motifs is 1. The van der Waals surface area contributed by atoms with Crippen molar-refractivity contribution in [2.75, 3.05) is 14.2 Å². The molecule has 1 unspecified atom stereocenters. The number of ether oxygens (including phenoxy) is 3. The molecular weight excluding hydrogens is 271 g/mol. The molecule has 3 rings (SSSR count). The third-order valence-electron chi connectivity index (χ3n) is 3.72. The highest BCUT2D eigenvalue weighted by Crippen LogP contribution is 2.44. The Labute approximate surface area is 123 Å². The summed E-state index contributed by atoms with van der Waals surface area (Å²) in [5, 5.41) is 0. The van der Waals surface area contributed by atoms with Gasteiger partial charge in [0, 0.05) is 18.4 Å². The molecule has 0 aromatic heterocycles. The Balaban J connectivity index is 1.83. The van der Waals surface area contributed by atoms with Gasteiger partial charge in [-0.15, -0.1) is 0 Å². The van der Waals surface area contributed by atoms with Crippen LogP contribution in [0.25, 0.3) is 0 Å². The van der Waals surface area contributed by atoms with E-state index >= 15 is 0 Å². The molecule has 4 heteroatoms. The lowest BCUT2D eigenvalue weighted by Crippen LogP contribution is -2.17. The third-order valence-corrected chi connectivity index (χ3v) is 3.72. The van der Waals surface area contributed by atoms with Crippen LogP contribution in [-0.2, 0) is 12.8 Å². The second kappa shape index (κ2) is 5.64. The Morgan fingerprint density at radius 2 is 1.95 bits per heavy atom. The van der Waals surface area contributed by atoms with E-state index in [1.54, 1.807) is 26.4 Å². The first kappa shape index (κ1) is 13.7. The molecule has 0 spiro atoms. The van der Waals surface area contributed by atoms with E-state index in [0.29, 0.717) is 29.2 Å². The molecule has 3 nitrogen and oxygen atoms in total. The zero-order chi connectivity index (χ0) is 14.8. The van der Waals surface area contributed by atoms with Gasteiger partial charge in [-0.1, -0.05) is 24.3 Å². The minimum atomic E-state index is -0.193. The molecule has 110 valence electrons. The summed E-state index contributed by atoms with van der Waals surface area (Å²) >= 11 is 0. The first-order valence-corrected chi connectivity index (χ1v) is 6.87. The van der Waals surface area contributed by atoms with E-state index < -0.39 is 0 Å². The van der Waals surface area contributed by atoms with Crippen LogP contribution in [0.15, 0.2) is 36.4 Å². The molecule has 2 aromatic carbocycles. The van der Waals surface area contributed by atoms with Gasteiger partial charge in [-0.05, 0) is 17.7 Å². The van der Waals surface area contributed by atoms with Crippen molar-refractivity contribution in [1.29, 1.82) is 0 Å². The molecular formula is C17H17FO3. The van der Waals surface area contributed by atoms with Crippen LogP contribution in [0, 0.1) is 5.82 Å². The van der Waals surface area contributed by atoms with E-state index in [-0.39, 0.29) is 11.9 Å². The van der Waals surface area contributed by atoms with Crippen LogP contribution in [0.2, 0.25) is 0 Å². The van der Waals surface area contributed by atoms with Crippen molar-refractivity contribution in [3.8, 4) is 17.2 Å². The zero-order valence-electron chi connectivity index (χ0n) is 12.1. The van der Waals surface area contributed by atoms with E-state index in [4.69, 9.17) is 14.2 Å². The van der Waals surface area contributed by atoms with E-state index in [0.717, 1.165) is 12.0 Å². The first-order valence-electron chi connectivity index (χ1n) is 6.87. The predicted octanol–water partition coefficient (Wildman–Crippen LogP) is 3.39. The Bertz CT molecular complexity index is 654. The van der Waals surface area contributed by atoms with Gasteiger partial charge in [0.05, 0.1) is 14.2 Å². The van der Waals surface area contributed by atoms with Crippen LogP contribution < -0.4 is 14.2 Å². The molecule has 0 saturated heterocycles. The molecule has 0 amide bonds. The van der Waals surface area contributed by atoms with Crippen molar-refractivity contribution in [2.24, 2.45) is 0 Å². The van der Waals surface area contributed by atoms with Crippen molar-refractivity contribution >= 4 is 0 Å². The molecule has 0 fully saturated rings. The van der Waals surface area contributed by atoms with Crippen molar-refractivity contribution in [1.82, 2.24) is 0 Å². The number of halogens is 1. The maximum atomic E-state index is 13.7. The molecule has 1 aliphatic heterocycles. The van der Waals surface area contributed by atoms with E-state index in [1.165, 1.54) is 6.07 Å². The number of methoxy groups -OCH3 is 2. The van der Waals surface area contributed by atoms with Crippen LogP contribution in [-0.4, -0.2) is 20.3 Å². The van der Waals surface area contributed by atoms with Crippen molar-refractivity contribution in [3.63, 3.8) is 0 Å². The minimum Gasteiger partial charge on any atom is -0.493 e. The molecule has 1 atom stereocenters. The highest BCUT2D eigenvalue weighted by Gasteiger charge is 2.28. The fourth-order valence-electron chi connectivity index (χ4n) is 2.71. The Morgan fingerprint density at radius 3 is 2.67 bits per heavy atom. The van der Waals surface area contributed by atoms with E-state index in [1.807, 2.05) is 18.2 Å². The lowest BCUT2D eigenvalue weighted by atomic mass is 10.0. The van der Waals surface area contributed by atoms with Crippen molar-refractivity contribution in [3.05, 3.63) is 53.3 Å². The van der Waals surface area contributed by atoms with Gasteiger partial charge in [-0.2, -0.15) is 0 Å². The quantitative estimate of drug-likeness (QED) is 0.863. The van der Waals surface area contributed by atoms with Crippen LogP contribution >= 0.6 is 0 Å². The summed E-state index contributed by atoms with van der Waals surface area (Å²) < 4.78 is 30.3. The molecule has 21 heavy (non-hydrogen) atoms. The molecule has 0 N–H and O–H groups in total. The highest BCUT2D eigenvalue weighted by atomic mass is 19.1. The van der Waals surface area contributed by atoms with Gasteiger partial charge >= 0.3 is 0 Å². The largest absolute Gasteiger partial charge is 0.493 e. The monoisotopic (exact) mass is 288 g/mol. The Hall–Kier alpha value is -2.23. The average molecular weight is 288 g/mol. The normalized spacial score (nSPS) is 16.2. The van der Waals surface area contributed by atoms with Gasteiger partial charge in [0.25, 0.3) is 0 Å². The molecule has 0 bridgehead atoms. The predicted molar refractivity (Wildman–Crippen MR) is 77.8 cm³/mol. The van der Waals surface area contributed by atoms with Crippen LogP contribution in [0.3, 0.4) is 0 Å². The summed E-state index contributed by atoms with van der Waals surface area (Å²) in [6.45, 7) is 0. The maximum Gasteiger partial charge on any atom is 0.203 e. The summed E-state index contributed by atoms with van der Waals surface area (Å²) in [6, 6.07) is 10.6. The van der Waals surface area contributed by atoms with Crippen LogP contribution in [0.1, 0.15) is 11.1 Å². The van der Waals surface area contributed by atoms with Crippen molar-refractivity contribution < 1.29 is 18.6 Å². The van der Waals surface area contributed by atoms with Gasteiger partial charge in [0.15, 0.2) is 11.5 Å². The molecule has 1 heterocycles. The SMILES string of the molecule is COc1ccc2c(c1OC)OC(Cc1ccccc1F)C2. The maximum absolute atomic E-state index is 13.7. The van der Waals surface area contributed by atoms with E-state index in [9.17, 15) is 4.39 Å². The first-order chi connectivity index (χ1) is 10.2. The van der Waals surface area contributed by atoms with Gasteiger partial charge in [-0.25, -0.2) is 4.39 Å². The Kier molecular flexibility index (Phi) is 3.69.